The van der Waals surface area contributed by atoms with E-state index >= 15 is 0 Å². The van der Waals surface area contributed by atoms with Gasteiger partial charge in [-0.2, -0.15) is 0 Å². The second-order valence-electron chi connectivity index (χ2n) is 5.32. The van der Waals surface area contributed by atoms with Crippen LogP contribution in [0.3, 0.4) is 0 Å². The minimum absolute atomic E-state index is 0.0499. The molecule has 0 aromatic rings. The van der Waals surface area contributed by atoms with Crippen molar-refractivity contribution in [2.24, 2.45) is 17.6 Å². The van der Waals surface area contributed by atoms with Gasteiger partial charge in [0.15, 0.2) is 0 Å². The number of hydrogen-bond acceptors (Lipinski definition) is 2. The van der Waals surface area contributed by atoms with Crippen LogP contribution in [0, 0.1) is 11.8 Å². The molecule has 0 amide bonds. The Kier molecular flexibility index (Phi) is 3.13. The number of ether oxygens (including phenoxy) is 1. The Hall–Kier alpha value is -0.0800. The summed E-state index contributed by atoms with van der Waals surface area (Å²) in [5, 5.41) is 0. The minimum atomic E-state index is 0.0499. The zero-order valence-corrected chi connectivity index (χ0v) is 9.30. The molecule has 2 nitrogen and oxygen atoms in total. The highest BCUT2D eigenvalue weighted by atomic mass is 16.5. The Balaban J connectivity index is 1.73. The largest absolute Gasteiger partial charge is 0.374 e. The summed E-state index contributed by atoms with van der Waals surface area (Å²) in [6.07, 6.45) is 7.75. The lowest BCUT2D eigenvalue weighted by molar-refractivity contribution is -0.0382. The van der Waals surface area contributed by atoms with E-state index < -0.39 is 0 Å². The lowest BCUT2D eigenvalue weighted by Gasteiger charge is -2.28. The van der Waals surface area contributed by atoms with E-state index in [9.17, 15) is 0 Å². The maximum atomic E-state index is 6.04. The Morgan fingerprint density at radius 3 is 2.64 bits per heavy atom. The maximum Gasteiger partial charge on any atom is 0.0806 e. The molecule has 2 heteroatoms. The van der Waals surface area contributed by atoms with Gasteiger partial charge in [-0.15, -0.1) is 0 Å². The van der Waals surface area contributed by atoms with Crippen LogP contribution >= 0.6 is 0 Å². The van der Waals surface area contributed by atoms with Gasteiger partial charge in [-0.05, 0) is 37.5 Å². The van der Waals surface area contributed by atoms with Crippen LogP contribution in [0.2, 0.25) is 0 Å². The fourth-order valence-corrected chi connectivity index (χ4v) is 2.57. The highest BCUT2D eigenvalue weighted by Gasteiger charge is 2.37. The molecule has 0 heterocycles. The quantitative estimate of drug-likeness (QED) is 0.734. The highest BCUT2D eigenvalue weighted by molar-refractivity contribution is 4.90. The maximum absolute atomic E-state index is 6.04. The molecule has 2 aliphatic carbocycles. The van der Waals surface area contributed by atoms with Crippen LogP contribution in [0.4, 0.5) is 0 Å². The third-order valence-electron chi connectivity index (χ3n) is 3.82. The predicted octanol–water partition coefficient (Wildman–Crippen LogP) is 2.32. The normalized spacial score (nSPS) is 37.7. The molecule has 2 fully saturated rings. The van der Waals surface area contributed by atoms with E-state index in [0.717, 1.165) is 18.4 Å². The average Bonchev–Trinajstić information content (AvgIpc) is 2.91. The number of rotatable bonds is 5. The van der Waals surface area contributed by atoms with Gasteiger partial charge >= 0.3 is 0 Å². The van der Waals surface area contributed by atoms with Crippen molar-refractivity contribution in [1.29, 1.82) is 0 Å². The molecule has 0 aliphatic heterocycles. The molecule has 0 saturated heterocycles. The molecule has 2 atom stereocenters. The fourth-order valence-electron chi connectivity index (χ4n) is 2.57. The Labute approximate surface area is 87.2 Å². The standard InChI is InChI=1S/C12H23NO/c1-10-4-6-12(8-10,9-13)14-7-5-11-2-3-11/h10-11H,2-9,13H2,1H3. The van der Waals surface area contributed by atoms with Gasteiger partial charge in [0.2, 0.25) is 0 Å². The summed E-state index contributed by atoms with van der Waals surface area (Å²) in [4.78, 5) is 0. The van der Waals surface area contributed by atoms with E-state index in [2.05, 4.69) is 6.92 Å². The van der Waals surface area contributed by atoms with Crippen LogP contribution < -0.4 is 5.73 Å². The second kappa shape index (κ2) is 4.19. The molecule has 2 aliphatic rings. The molecule has 2 rings (SSSR count). The molecule has 0 radical (unpaired) electrons. The number of nitrogens with two attached hydrogens (primary N) is 1. The predicted molar refractivity (Wildman–Crippen MR) is 58.1 cm³/mol. The van der Waals surface area contributed by atoms with Gasteiger partial charge < -0.3 is 10.5 Å². The zero-order chi connectivity index (χ0) is 10.0. The van der Waals surface area contributed by atoms with Crippen molar-refractivity contribution >= 4 is 0 Å². The van der Waals surface area contributed by atoms with E-state index in [1.165, 1.54) is 38.5 Å². The van der Waals surface area contributed by atoms with E-state index in [1.807, 2.05) is 0 Å². The fraction of sp³-hybridized carbons (Fsp3) is 1.00. The smallest absolute Gasteiger partial charge is 0.0806 e. The highest BCUT2D eigenvalue weighted by Crippen LogP contribution is 2.38. The summed E-state index contributed by atoms with van der Waals surface area (Å²) in [5.41, 5.74) is 5.89. The number of hydrogen-bond donors (Lipinski definition) is 1. The molecule has 0 spiro atoms. The van der Waals surface area contributed by atoms with Crippen LogP contribution in [0.15, 0.2) is 0 Å². The summed E-state index contributed by atoms with van der Waals surface area (Å²) >= 11 is 0. The van der Waals surface area contributed by atoms with Crippen molar-refractivity contribution in [2.45, 2.75) is 51.0 Å². The lowest BCUT2D eigenvalue weighted by atomic mass is 10.0. The van der Waals surface area contributed by atoms with Gasteiger partial charge in [0.25, 0.3) is 0 Å². The van der Waals surface area contributed by atoms with Crippen LogP contribution in [0.5, 0.6) is 0 Å². The van der Waals surface area contributed by atoms with Gasteiger partial charge in [0, 0.05) is 13.2 Å². The van der Waals surface area contributed by atoms with E-state index in [4.69, 9.17) is 10.5 Å². The first kappa shape index (κ1) is 10.4. The third kappa shape index (κ3) is 2.48. The average molecular weight is 197 g/mol. The summed E-state index contributed by atoms with van der Waals surface area (Å²) in [6.45, 7) is 3.96. The van der Waals surface area contributed by atoms with Gasteiger partial charge in [0.1, 0.15) is 0 Å². The molecular formula is C12H23NO. The van der Waals surface area contributed by atoms with Gasteiger partial charge in [-0.25, -0.2) is 0 Å². The van der Waals surface area contributed by atoms with Crippen molar-refractivity contribution in [2.75, 3.05) is 13.2 Å². The van der Waals surface area contributed by atoms with Crippen LogP contribution in [-0.4, -0.2) is 18.8 Å². The third-order valence-corrected chi connectivity index (χ3v) is 3.82. The summed E-state index contributed by atoms with van der Waals surface area (Å²) in [5.74, 6) is 1.78. The zero-order valence-electron chi connectivity index (χ0n) is 9.30. The monoisotopic (exact) mass is 197 g/mol. The van der Waals surface area contributed by atoms with E-state index in [-0.39, 0.29) is 5.60 Å². The molecule has 82 valence electrons. The molecule has 2 unspecified atom stereocenters. The van der Waals surface area contributed by atoms with Crippen molar-refractivity contribution < 1.29 is 4.74 Å². The summed E-state index contributed by atoms with van der Waals surface area (Å²) in [6, 6.07) is 0. The molecule has 0 aromatic heterocycles. The first-order valence-corrected chi connectivity index (χ1v) is 6.08. The molecule has 0 bridgehead atoms. The molecule has 0 aromatic carbocycles. The lowest BCUT2D eigenvalue weighted by Crippen LogP contribution is -2.38. The summed E-state index contributed by atoms with van der Waals surface area (Å²) < 4.78 is 6.04. The van der Waals surface area contributed by atoms with Gasteiger partial charge in [-0.3, -0.25) is 0 Å². The Morgan fingerprint density at radius 2 is 2.14 bits per heavy atom. The SMILES string of the molecule is CC1CCC(CN)(OCCC2CC2)C1. The topological polar surface area (TPSA) is 35.2 Å². The molecule has 2 N–H and O–H groups in total. The van der Waals surface area contributed by atoms with E-state index in [0.29, 0.717) is 6.54 Å². The Bertz CT molecular complexity index is 191. The van der Waals surface area contributed by atoms with Crippen molar-refractivity contribution in [3.8, 4) is 0 Å². The van der Waals surface area contributed by atoms with Crippen LogP contribution in [0.25, 0.3) is 0 Å². The van der Waals surface area contributed by atoms with Crippen molar-refractivity contribution in [1.82, 2.24) is 0 Å². The molecule has 14 heavy (non-hydrogen) atoms. The molecular weight excluding hydrogens is 174 g/mol. The van der Waals surface area contributed by atoms with Crippen LogP contribution in [-0.2, 0) is 4.74 Å². The van der Waals surface area contributed by atoms with Crippen molar-refractivity contribution in [3.05, 3.63) is 0 Å². The van der Waals surface area contributed by atoms with Crippen LogP contribution in [0.1, 0.15) is 45.4 Å². The second-order valence-corrected chi connectivity index (χ2v) is 5.32. The van der Waals surface area contributed by atoms with Gasteiger partial charge in [-0.1, -0.05) is 19.8 Å². The van der Waals surface area contributed by atoms with Gasteiger partial charge in [0.05, 0.1) is 5.60 Å². The van der Waals surface area contributed by atoms with E-state index in [1.54, 1.807) is 0 Å². The van der Waals surface area contributed by atoms with Crippen molar-refractivity contribution in [3.63, 3.8) is 0 Å². The minimum Gasteiger partial charge on any atom is -0.374 e. The first-order valence-electron chi connectivity index (χ1n) is 6.08. The summed E-state index contributed by atoms with van der Waals surface area (Å²) in [7, 11) is 0. The molecule has 2 saturated carbocycles. The first-order chi connectivity index (χ1) is 6.74. The Morgan fingerprint density at radius 1 is 1.36 bits per heavy atom.